The first kappa shape index (κ1) is 8.39. The van der Waals surface area contributed by atoms with E-state index in [1.54, 1.807) is 5.48 Å². The summed E-state index contributed by atoms with van der Waals surface area (Å²) >= 11 is 0. The Morgan fingerprint density at radius 2 is 1.33 bits per heavy atom. The average molecular weight is 172 g/mol. The van der Waals surface area contributed by atoms with Gasteiger partial charge in [0.1, 0.15) is 0 Å². The van der Waals surface area contributed by atoms with Crippen LogP contribution >= 0.6 is 0 Å². The molecule has 66 valence electrons. The molecule has 12 heavy (non-hydrogen) atoms. The van der Waals surface area contributed by atoms with E-state index in [4.69, 9.17) is 16.9 Å². The van der Waals surface area contributed by atoms with Gasteiger partial charge >= 0.3 is 0 Å². The minimum Gasteiger partial charge on any atom is -0.292 e. The molecule has 9 nitrogen and oxygen atoms in total. The first-order chi connectivity index (χ1) is 5.80. The highest BCUT2D eigenvalue weighted by Gasteiger charge is 2.02. The van der Waals surface area contributed by atoms with Crippen LogP contribution in [-0.2, 0) is 0 Å². The van der Waals surface area contributed by atoms with Gasteiger partial charge in [0.05, 0.1) is 0 Å². The summed E-state index contributed by atoms with van der Waals surface area (Å²) in [5.41, 5.74) is 6.06. The fourth-order valence-electron chi connectivity index (χ4n) is 0.555. The van der Waals surface area contributed by atoms with Crippen molar-refractivity contribution in [3.63, 3.8) is 0 Å². The molecule has 0 aliphatic carbocycles. The van der Waals surface area contributed by atoms with Crippen molar-refractivity contribution >= 4 is 17.8 Å². The molecular weight excluding hydrogens is 164 g/mol. The predicted octanol–water partition coefficient (Wildman–Crippen LogP) is -1.76. The van der Waals surface area contributed by atoms with Crippen LogP contribution in [0, 0.1) is 0 Å². The van der Waals surface area contributed by atoms with Crippen molar-refractivity contribution in [2.45, 2.75) is 0 Å². The molecular formula is C3H8N8O. The lowest BCUT2D eigenvalue weighted by Crippen LogP contribution is -2.17. The van der Waals surface area contributed by atoms with E-state index in [2.05, 4.69) is 25.8 Å². The second kappa shape index (κ2) is 3.61. The molecule has 8 N–H and O–H groups in total. The highest BCUT2D eigenvalue weighted by molar-refractivity contribution is 5.39. The third-order valence-corrected chi connectivity index (χ3v) is 0.994. The Balaban J connectivity index is 3.01. The van der Waals surface area contributed by atoms with Gasteiger partial charge in [-0.05, 0) is 0 Å². The van der Waals surface area contributed by atoms with E-state index in [1.807, 2.05) is 0 Å². The smallest absolute Gasteiger partial charge is 0.253 e. The lowest BCUT2D eigenvalue weighted by molar-refractivity contribution is 0.382. The second-order valence-corrected chi connectivity index (χ2v) is 1.71. The minimum absolute atomic E-state index is 0.0640. The Morgan fingerprint density at radius 1 is 0.917 bits per heavy atom. The number of rotatable bonds is 3. The first-order valence-corrected chi connectivity index (χ1v) is 2.89. The number of hydrogen-bond acceptors (Lipinski definition) is 9. The average Bonchev–Trinajstić information content (AvgIpc) is 2.16. The van der Waals surface area contributed by atoms with Crippen molar-refractivity contribution < 1.29 is 5.21 Å². The number of nitrogen functional groups attached to an aromatic ring is 2. The molecule has 1 rings (SSSR count). The molecule has 1 aromatic rings. The van der Waals surface area contributed by atoms with Gasteiger partial charge in [-0.1, -0.05) is 0 Å². The summed E-state index contributed by atoms with van der Waals surface area (Å²) < 4.78 is 0. The normalized spacial score (nSPS) is 9.25. The molecule has 1 aromatic heterocycles. The Kier molecular flexibility index (Phi) is 2.53. The number of hydrogen-bond donors (Lipinski definition) is 6. The minimum atomic E-state index is -0.0640. The van der Waals surface area contributed by atoms with Gasteiger partial charge in [0.2, 0.25) is 11.9 Å². The van der Waals surface area contributed by atoms with Crippen LogP contribution in [-0.4, -0.2) is 20.2 Å². The fourth-order valence-corrected chi connectivity index (χ4v) is 0.555. The summed E-state index contributed by atoms with van der Waals surface area (Å²) in [6.07, 6.45) is 0. The zero-order valence-electron chi connectivity index (χ0n) is 5.94. The zero-order valence-corrected chi connectivity index (χ0v) is 5.94. The predicted molar refractivity (Wildman–Crippen MR) is 40.9 cm³/mol. The van der Waals surface area contributed by atoms with E-state index in [9.17, 15) is 0 Å². The highest BCUT2D eigenvalue weighted by atomic mass is 16.5. The molecule has 0 saturated carbocycles. The van der Waals surface area contributed by atoms with E-state index in [-0.39, 0.29) is 17.8 Å². The topological polar surface area (TPSA) is 147 Å². The molecule has 1 heterocycles. The van der Waals surface area contributed by atoms with Gasteiger partial charge in [0.15, 0.2) is 0 Å². The van der Waals surface area contributed by atoms with Crippen molar-refractivity contribution in [1.82, 2.24) is 15.0 Å². The van der Waals surface area contributed by atoms with Crippen LogP contribution in [0.3, 0.4) is 0 Å². The van der Waals surface area contributed by atoms with E-state index in [1.165, 1.54) is 0 Å². The van der Waals surface area contributed by atoms with Crippen molar-refractivity contribution in [3.8, 4) is 0 Å². The number of hydrazine groups is 2. The summed E-state index contributed by atoms with van der Waals surface area (Å²) in [5.74, 6) is 10.1. The van der Waals surface area contributed by atoms with Gasteiger partial charge in [-0.15, -0.1) is 0 Å². The summed E-state index contributed by atoms with van der Waals surface area (Å²) in [5, 5.41) is 8.44. The SMILES string of the molecule is NNc1nc(NN)nc(NO)n1. The highest BCUT2D eigenvalue weighted by Crippen LogP contribution is 2.05. The van der Waals surface area contributed by atoms with Gasteiger partial charge in [-0.3, -0.25) is 16.1 Å². The molecule has 0 unspecified atom stereocenters. The Labute approximate surface area is 67.1 Å². The molecule has 0 fully saturated rings. The lowest BCUT2D eigenvalue weighted by atomic mass is 10.8. The summed E-state index contributed by atoms with van der Waals surface area (Å²) in [6, 6.07) is 0. The Hall–Kier alpha value is -1.71. The standard InChI is InChI=1S/C3H8N8O/c4-9-1-6-2(10-5)8-3(7-1)11-12/h12H,4-5H2,(H3,6,7,8,9,10,11). The van der Waals surface area contributed by atoms with E-state index in [0.717, 1.165) is 0 Å². The number of aromatic nitrogens is 3. The van der Waals surface area contributed by atoms with Crippen LogP contribution in [0.1, 0.15) is 0 Å². The van der Waals surface area contributed by atoms with E-state index < -0.39 is 0 Å². The van der Waals surface area contributed by atoms with Crippen molar-refractivity contribution in [2.75, 3.05) is 16.3 Å². The van der Waals surface area contributed by atoms with Gasteiger partial charge < -0.3 is 0 Å². The maximum Gasteiger partial charge on any atom is 0.253 e. The summed E-state index contributed by atoms with van der Waals surface area (Å²) in [7, 11) is 0. The van der Waals surface area contributed by atoms with Crippen molar-refractivity contribution in [1.29, 1.82) is 0 Å². The Morgan fingerprint density at radius 3 is 1.67 bits per heavy atom. The monoisotopic (exact) mass is 172 g/mol. The molecule has 0 aliphatic rings. The lowest BCUT2D eigenvalue weighted by Gasteiger charge is -2.03. The zero-order chi connectivity index (χ0) is 8.97. The molecule has 0 radical (unpaired) electrons. The van der Waals surface area contributed by atoms with Crippen molar-refractivity contribution in [2.24, 2.45) is 11.7 Å². The van der Waals surface area contributed by atoms with Gasteiger partial charge in [-0.25, -0.2) is 17.2 Å². The molecule has 0 spiro atoms. The molecule has 0 amide bonds. The molecule has 9 heteroatoms. The number of anilines is 3. The number of nitrogens with zero attached hydrogens (tertiary/aromatic N) is 3. The van der Waals surface area contributed by atoms with Crippen molar-refractivity contribution in [3.05, 3.63) is 0 Å². The molecule has 0 aromatic carbocycles. The van der Waals surface area contributed by atoms with Crippen LogP contribution in [0.4, 0.5) is 17.8 Å². The number of nitrogens with one attached hydrogen (secondary N) is 3. The Bertz CT molecular complexity index is 207. The third kappa shape index (κ3) is 1.66. The first-order valence-electron chi connectivity index (χ1n) is 2.89. The van der Waals surface area contributed by atoms with Crippen LogP contribution < -0.4 is 28.0 Å². The summed E-state index contributed by atoms with van der Waals surface area (Å²) in [6.45, 7) is 0. The quantitative estimate of drug-likeness (QED) is 0.230. The molecule has 0 atom stereocenters. The molecule has 0 bridgehead atoms. The maximum absolute atomic E-state index is 8.44. The largest absolute Gasteiger partial charge is 0.292 e. The van der Waals surface area contributed by atoms with Crippen LogP contribution in [0.2, 0.25) is 0 Å². The van der Waals surface area contributed by atoms with Gasteiger partial charge in [0.25, 0.3) is 5.95 Å². The number of nitrogens with two attached hydrogens (primary N) is 2. The maximum atomic E-state index is 8.44. The van der Waals surface area contributed by atoms with Gasteiger partial charge in [-0.2, -0.15) is 15.0 Å². The van der Waals surface area contributed by atoms with Gasteiger partial charge in [0, 0.05) is 0 Å². The van der Waals surface area contributed by atoms with Crippen LogP contribution in [0.25, 0.3) is 0 Å². The fraction of sp³-hybridized carbons (Fsp3) is 0. The third-order valence-electron chi connectivity index (χ3n) is 0.994. The molecule has 0 aliphatic heterocycles. The van der Waals surface area contributed by atoms with E-state index >= 15 is 0 Å². The van der Waals surface area contributed by atoms with E-state index in [0.29, 0.717) is 0 Å². The summed E-state index contributed by atoms with van der Waals surface area (Å²) in [4.78, 5) is 10.9. The van der Waals surface area contributed by atoms with Crippen LogP contribution in [0.15, 0.2) is 0 Å². The second-order valence-electron chi connectivity index (χ2n) is 1.71. The van der Waals surface area contributed by atoms with Crippen LogP contribution in [0.5, 0.6) is 0 Å². The molecule has 0 saturated heterocycles.